The molecular weight excluding hydrogens is 374 g/mol. The third kappa shape index (κ3) is 1.87. The Morgan fingerprint density at radius 1 is 1.31 bits per heavy atom. The first-order valence-electron chi connectivity index (χ1n) is 4.75. The van der Waals surface area contributed by atoms with Crippen LogP contribution in [-0.4, -0.2) is 6.79 Å². The van der Waals surface area contributed by atoms with Gasteiger partial charge in [-0.15, -0.1) is 0 Å². The third-order valence-electron chi connectivity index (χ3n) is 2.43. The maximum atomic E-state index is 5.34. The molecule has 0 saturated carbocycles. The van der Waals surface area contributed by atoms with E-state index in [1.165, 1.54) is 0 Å². The van der Waals surface area contributed by atoms with E-state index in [-0.39, 0.29) is 6.79 Å². The van der Waals surface area contributed by atoms with Crippen LogP contribution >= 0.6 is 0 Å². The first-order chi connectivity index (χ1) is 7.63. The Hall–Kier alpha value is -1.21. The van der Waals surface area contributed by atoms with Crippen LogP contribution in [0.2, 0.25) is 0 Å². The molecule has 0 aromatic heterocycles. The molecule has 0 N–H and O–H groups in total. The fraction of sp³-hybridized carbons (Fsp3) is 0.167. The van der Waals surface area contributed by atoms with Crippen molar-refractivity contribution in [3.8, 4) is 11.5 Å². The van der Waals surface area contributed by atoms with Crippen molar-refractivity contribution in [3.63, 3.8) is 0 Å². The zero-order chi connectivity index (χ0) is 11.7. The van der Waals surface area contributed by atoms with Crippen LogP contribution in [0.3, 0.4) is 0 Å². The van der Waals surface area contributed by atoms with E-state index in [9.17, 15) is 0 Å². The fourth-order valence-corrected chi connectivity index (χ4v) is 2.02. The van der Waals surface area contributed by atoms with Gasteiger partial charge in [0.2, 0.25) is 0 Å². The summed E-state index contributed by atoms with van der Waals surface area (Å²) >= 11 is 1.14. The van der Waals surface area contributed by atoms with Crippen molar-refractivity contribution in [2.24, 2.45) is 3.50 Å². The van der Waals surface area contributed by atoms with E-state index in [2.05, 4.69) is 16.7 Å². The fourth-order valence-electron chi connectivity index (χ4n) is 1.48. The summed E-state index contributed by atoms with van der Waals surface area (Å²) in [5.41, 5.74) is 3.66. The van der Waals surface area contributed by atoms with Gasteiger partial charge in [-0.1, -0.05) is 0 Å². The van der Waals surface area contributed by atoms with Crippen molar-refractivity contribution in [1.82, 2.24) is 0 Å². The Kier molecular flexibility index (Phi) is 3.06. The minimum absolute atomic E-state index is 0.272. The second-order valence-corrected chi connectivity index (χ2v) is 4.23. The molecule has 1 aromatic rings. The van der Waals surface area contributed by atoms with Gasteiger partial charge in [0.1, 0.15) is 0 Å². The number of hydrogen-bond acceptors (Lipinski definition) is 3. The third-order valence-corrected chi connectivity index (χ3v) is 3.14. The van der Waals surface area contributed by atoms with E-state index in [1.54, 1.807) is 0 Å². The Balaban J connectivity index is 2.56. The van der Waals surface area contributed by atoms with Crippen LogP contribution in [0.15, 0.2) is 34.4 Å². The Bertz CT molecular complexity index is 494. The summed E-state index contributed by atoms with van der Waals surface area (Å²) in [5.74, 6) is 1.50. The second kappa shape index (κ2) is 4.34. The Labute approximate surface area is 106 Å². The topological polar surface area (TPSA) is 30.8 Å². The van der Waals surface area contributed by atoms with E-state index >= 15 is 0 Å². The molecule has 0 radical (unpaired) electrons. The monoisotopic (exact) mass is 385 g/mol. The van der Waals surface area contributed by atoms with Crippen LogP contribution in [0, 0.1) is 0 Å². The number of benzene rings is 1. The molecule has 1 aromatic carbocycles. The van der Waals surface area contributed by atoms with Crippen LogP contribution < -0.4 is 9.47 Å². The molecule has 1 heterocycles. The molecule has 0 spiro atoms. The number of allylic oxidation sites excluding steroid dienone is 2. The van der Waals surface area contributed by atoms with Gasteiger partial charge in [0, 0.05) is 0 Å². The summed E-state index contributed by atoms with van der Waals surface area (Å²) in [6.45, 7) is 10.1. The SMILES string of the molecule is C=C(C)C(=C)c1cc2c(cc1[N]=[W])OCO2. The van der Waals surface area contributed by atoms with Crippen LogP contribution in [0.4, 0.5) is 5.69 Å². The van der Waals surface area contributed by atoms with Crippen LogP contribution in [0.5, 0.6) is 11.5 Å². The number of fused-ring (bicyclic) bond motifs is 1. The van der Waals surface area contributed by atoms with Gasteiger partial charge in [-0.2, -0.15) is 0 Å². The van der Waals surface area contributed by atoms with E-state index in [1.807, 2.05) is 19.1 Å². The summed E-state index contributed by atoms with van der Waals surface area (Å²) < 4.78 is 14.9. The van der Waals surface area contributed by atoms with Gasteiger partial charge in [-0.05, 0) is 0 Å². The standard InChI is InChI=1S/C12H11NO2.W/c1-7(2)8(3)9-4-11-12(5-10(9)13)15-6-14-11;/h4-5H,1,3,6H2,2H3;. The quantitative estimate of drug-likeness (QED) is 0.748. The van der Waals surface area contributed by atoms with Crippen molar-refractivity contribution < 1.29 is 29.1 Å². The summed E-state index contributed by atoms with van der Waals surface area (Å²) in [5, 5.41) is 0. The van der Waals surface area contributed by atoms with Crippen LogP contribution in [0.25, 0.3) is 5.57 Å². The molecule has 0 bridgehead atoms. The summed E-state index contributed by atoms with van der Waals surface area (Å²) in [6.07, 6.45) is 0. The molecule has 0 atom stereocenters. The minimum atomic E-state index is 0.272. The zero-order valence-corrected chi connectivity index (χ0v) is 11.9. The normalized spacial score (nSPS) is 12.3. The molecule has 0 saturated heterocycles. The van der Waals surface area contributed by atoms with Gasteiger partial charge in [0.25, 0.3) is 0 Å². The van der Waals surface area contributed by atoms with Gasteiger partial charge in [0.05, 0.1) is 0 Å². The Morgan fingerprint density at radius 3 is 2.50 bits per heavy atom. The summed E-state index contributed by atoms with van der Waals surface area (Å²) in [6, 6.07) is 3.81. The van der Waals surface area contributed by atoms with E-state index in [4.69, 9.17) is 9.47 Å². The van der Waals surface area contributed by atoms with Gasteiger partial charge in [0.15, 0.2) is 0 Å². The van der Waals surface area contributed by atoms with E-state index in [0.717, 1.165) is 53.5 Å². The van der Waals surface area contributed by atoms with E-state index < -0.39 is 0 Å². The average Bonchev–Trinajstić information content (AvgIpc) is 2.72. The number of hydrogen-bond donors (Lipinski definition) is 0. The van der Waals surface area contributed by atoms with E-state index in [0.29, 0.717) is 0 Å². The predicted octanol–water partition coefficient (Wildman–Crippen LogP) is 3.37. The molecule has 3 nitrogen and oxygen atoms in total. The van der Waals surface area contributed by atoms with Gasteiger partial charge in [-0.25, -0.2) is 0 Å². The van der Waals surface area contributed by atoms with Crippen molar-refractivity contribution >= 4 is 11.3 Å². The summed E-state index contributed by atoms with van der Waals surface area (Å²) in [4.78, 5) is 0. The number of rotatable bonds is 3. The van der Waals surface area contributed by atoms with Crippen LogP contribution in [-0.2, 0) is 19.6 Å². The second-order valence-electron chi connectivity index (χ2n) is 3.57. The maximum absolute atomic E-state index is 5.34. The van der Waals surface area contributed by atoms with Crippen molar-refractivity contribution in [3.05, 3.63) is 36.4 Å². The van der Waals surface area contributed by atoms with Gasteiger partial charge >= 0.3 is 106 Å². The molecule has 1 aliphatic heterocycles. The first-order valence-corrected chi connectivity index (χ1v) is 6.07. The molecule has 0 amide bonds. The number of nitrogens with zero attached hydrogens (tertiary/aromatic N) is 1. The molecule has 0 unspecified atom stereocenters. The molecule has 0 aliphatic carbocycles. The molecule has 0 fully saturated rings. The molecule has 2 rings (SSSR count). The summed E-state index contributed by atoms with van der Waals surface area (Å²) in [7, 11) is 0. The predicted molar refractivity (Wildman–Crippen MR) is 58.5 cm³/mol. The first kappa shape index (κ1) is 11.3. The molecular formula is C12H11NO2W. The van der Waals surface area contributed by atoms with Crippen molar-refractivity contribution in [1.29, 1.82) is 0 Å². The number of ether oxygens (including phenoxy) is 2. The molecule has 1 aliphatic rings. The van der Waals surface area contributed by atoms with Crippen molar-refractivity contribution in [2.45, 2.75) is 6.92 Å². The van der Waals surface area contributed by atoms with Gasteiger partial charge < -0.3 is 0 Å². The molecule has 16 heavy (non-hydrogen) atoms. The Morgan fingerprint density at radius 2 is 1.94 bits per heavy atom. The zero-order valence-electron chi connectivity index (χ0n) is 8.95. The average molecular weight is 385 g/mol. The van der Waals surface area contributed by atoms with Gasteiger partial charge in [-0.3, -0.25) is 0 Å². The molecule has 4 heteroatoms. The van der Waals surface area contributed by atoms with Crippen molar-refractivity contribution in [2.75, 3.05) is 6.79 Å². The van der Waals surface area contributed by atoms with Crippen LogP contribution in [0.1, 0.15) is 12.5 Å². The molecule has 82 valence electrons.